The molecule has 148 valence electrons. The van der Waals surface area contributed by atoms with Gasteiger partial charge in [-0.25, -0.2) is 0 Å². The van der Waals surface area contributed by atoms with E-state index in [0.717, 1.165) is 22.0 Å². The van der Waals surface area contributed by atoms with Gasteiger partial charge in [0.1, 0.15) is 0 Å². The zero-order valence-electron chi connectivity index (χ0n) is 15.0. The minimum Gasteiger partial charge on any atom is -0.382 e. The molecule has 4 aromatic rings. The number of rotatable bonds is 5. The molecule has 2 heterocycles. The third kappa shape index (κ3) is 3.98. The van der Waals surface area contributed by atoms with Crippen LogP contribution in [0.3, 0.4) is 0 Å². The number of nitrogens with one attached hydrogen (secondary N) is 2. The average Bonchev–Trinajstić information content (AvgIpc) is 3.04. The Hall–Kier alpha value is -3.63. The highest BCUT2D eigenvalue weighted by atomic mass is 32.2. The van der Waals surface area contributed by atoms with Gasteiger partial charge in [-0.2, -0.15) is 13.5 Å². The molecular formula is C19H17N5O4S. The molecule has 0 aliphatic carbocycles. The molecule has 0 fully saturated rings. The standard InChI is InChI=1S/C19H17N5O4S/c20-19-15-7-5-12(9-17(15)21-22-19)13-6-8-18(25)24(10-13)11-14-3-1-2-4-16(14)23-29(26,27)28/h1-10,23H,11H2,(H3,20,21,22)(H,26,27,28). The molecule has 0 aliphatic heterocycles. The van der Waals surface area contributed by atoms with Crippen molar-refractivity contribution in [3.8, 4) is 11.1 Å². The maximum atomic E-state index is 12.4. The van der Waals surface area contributed by atoms with E-state index in [-0.39, 0.29) is 17.8 Å². The maximum absolute atomic E-state index is 12.4. The molecule has 2 aromatic heterocycles. The van der Waals surface area contributed by atoms with E-state index < -0.39 is 10.3 Å². The zero-order valence-corrected chi connectivity index (χ0v) is 15.8. The van der Waals surface area contributed by atoms with Crippen LogP contribution in [0.1, 0.15) is 5.56 Å². The second kappa shape index (κ2) is 7.08. The number of nitrogens with zero attached hydrogens (tertiary/aromatic N) is 2. The molecule has 0 unspecified atom stereocenters. The molecule has 0 atom stereocenters. The minimum atomic E-state index is -4.43. The van der Waals surface area contributed by atoms with E-state index in [9.17, 15) is 13.2 Å². The lowest BCUT2D eigenvalue weighted by atomic mass is 10.1. The van der Waals surface area contributed by atoms with E-state index in [1.165, 1.54) is 16.7 Å². The summed E-state index contributed by atoms with van der Waals surface area (Å²) in [5.41, 5.74) is 8.71. The lowest BCUT2D eigenvalue weighted by molar-refractivity contribution is 0.489. The summed E-state index contributed by atoms with van der Waals surface area (Å²) >= 11 is 0. The first-order valence-corrected chi connectivity index (χ1v) is 10.0. The summed E-state index contributed by atoms with van der Waals surface area (Å²) < 4.78 is 34.9. The van der Waals surface area contributed by atoms with Gasteiger partial charge >= 0.3 is 10.3 Å². The van der Waals surface area contributed by atoms with Crippen molar-refractivity contribution in [2.24, 2.45) is 0 Å². The Balaban J connectivity index is 1.72. The molecular weight excluding hydrogens is 394 g/mol. The lowest BCUT2D eigenvalue weighted by Gasteiger charge is -2.13. The number of para-hydroxylation sites is 1. The number of hydrogen-bond acceptors (Lipinski definition) is 5. The number of benzene rings is 2. The van der Waals surface area contributed by atoms with E-state index in [0.29, 0.717) is 11.4 Å². The number of H-pyrrole nitrogens is 1. The Morgan fingerprint density at radius 2 is 1.86 bits per heavy atom. The van der Waals surface area contributed by atoms with Crippen LogP contribution in [0.15, 0.2) is 65.6 Å². The molecule has 10 heteroatoms. The van der Waals surface area contributed by atoms with Gasteiger partial charge < -0.3 is 10.3 Å². The van der Waals surface area contributed by atoms with Gasteiger partial charge in [0.25, 0.3) is 5.56 Å². The molecule has 0 saturated carbocycles. The first kappa shape index (κ1) is 18.7. The summed E-state index contributed by atoms with van der Waals surface area (Å²) in [4.78, 5) is 12.4. The van der Waals surface area contributed by atoms with Crippen molar-refractivity contribution in [3.05, 3.63) is 76.7 Å². The van der Waals surface area contributed by atoms with Crippen LogP contribution < -0.4 is 16.0 Å². The van der Waals surface area contributed by atoms with Crippen LogP contribution >= 0.6 is 0 Å². The predicted octanol–water partition coefficient (Wildman–Crippen LogP) is 2.24. The van der Waals surface area contributed by atoms with E-state index in [4.69, 9.17) is 10.3 Å². The highest BCUT2D eigenvalue weighted by molar-refractivity contribution is 7.87. The number of nitrogens with two attached hydrogens (primary N) is 1. The Morgan fingerprint density at radius 3 is 2.66 bits per heavy atom. The number of pyridine rings is 1. The van der Waals surface area contributed by atoms with E-state index >= 15 is 0 Å². The van der Waals surface area contributed by atoms with Crippen LogP contribution in [-0.2, 0) is 16.8 Å². The molecule has 29 heavy (non-hydrogen) atoms. The number of hydrogen-bond donors (Lipinski definition) is 4. The Kier molecular flexibility index (Phi) is 4.57. The molecule has 0 radical (unpaired) electrons. The van der Waals surface area contributed by atoms with Crippen molar-refractivity contribution in [2.75, 3.05) is 10.5 Å². The highest BCUT2D eigenvalue weighted by Gasteiger charge is 2.11. The molecule has 0 aliphatic rings. The van der Waals surface area contributed by atoms with Gasteiger partial charge in [-0.05, 0) is 41.0 Å². The third-order valence-electron chi connectivity index (χ3n) is 4.51. The quantitative estimate of drug-likeness (QED) is 0.371. The van der Waals surface area contributed by atoms with Gasteiger partial charge in [0, 0.05) is 17.6 Å². The summed E-state index contributed by atoms with van der Waals surface area (Å²) in [5, 5.41) is 7.65. The van der Waals surface area contributed by atoms with Gasteiger partial charge in [-0.1, -0.05) is 24.3 Å². The average molecular weight is 411 g/mol. The zero-order chi connectivity index (χ0) is 20.6. The Labute approximate surface area is 165 Å². The predicted molar refractivity (Wildman–Crippen MR) is 111 cm³/mol. The molecule has 5 N–H and O–H groups in total. The largest absolute Gasteiger partial charge is 0.382 e. The summed E-state index contributed by atoms with van der Waals surface area (Å²) in [6.45, 7) is 0.116. The fourth-order valence-corrected chi connectivity index (χ4v) is 3.60. The van der Waals surface area contributed by atoms with Gasteiger partial charge in [0.05, 0.1) is 17.7 Å². The summed E-state index contributed by atoms with van der Waals surface area (Å²) in [5.74, 6) is 0.416. The van der Waals surface area contributed by atoms with Gasteiger partial charge in [-0.15, -0.1) is 0 Å². The van der Waals surface area contributed by atoms with Crippen LogP contribution in [0.4, 0.5) is 11.5 Å². The monoisotopic (exact) mass is 411 g/mol. The van der Waals surface area contributed by atoms with Crippen molar-refractivity contribution in [1.29, 1.82) is 0 Å². The summed E-state index contributed by atoms with van der Waals surface area (Å²) in [7, 11) is -4.43. The number of nitrogen functional groups attached to an aromatic ring is 1. The maximum Gasteiger partial charge on any atom is 0.357 e. The lowest BCUT2D eigenvalue weighted by Crippen LogP contribution is -2.20. The van der Waals surface area contributed by atoms with E-state index in [1.54, 1.807) is 30.5 Å². The van der Waals surface area contributed by atoms with Crippen molar-refractivity contribution in [3.63, 3.8) is 0 Å². The molecule has 0 saturated heterocycles. The number of anilines is 2. The third-order valence-corrected chi connectivity index (χ3v) is 4.98. The summed E-state index contributed by atoms with van der Waals surface area (Å²) in [6, 6.07) is 15.3. The molecule has 4 rings (SSSR count). The topological polar surface area (TPSA) is 143 Å². The van der Waals surface area contributed by atoms with Crippen molar-refractivity contribution >= 4 is 32.7 Å². The SMILES string of the molecule is Nc1n[nH]c2cc(-c3ccc(=O)n(Cc4ccccc4NS(=O)(=O)O)c3)ccc12. The van der Waals surface area contributed by atoms with Gasteiger partial charge in [0.15, 0.2) is 5.82 Å². The number of fused-ring (bicyclic) bond motifs is 1. The first-order chi connectivity index (χ1) is 13.8. The van der Waals surface area contributed by atoms with Crippen LogP contribution in [0.5, 0.6) is 0 Å². The van der Waals surface area contributed by atoms with E-state index in [2.05, 4.69) is 10.2 Å². The van der Waals surface area contributed by atoms with Crippen LogP contribution in [0.2, 0.25) is 0 Å². The van der Waals surface area contributed by atoms with Gasteiger partial charge in [0.2, 0.25) is 0 Å². The Morgan fingerprint density at radius 1 is 1.10 bits per heavy atom. The summed E-state index contributed by atoms with van der Waals surface area (Å²) in [6.07, 6.45) is 1.69. The fraction of sp³-hybridized carbons (Fsp3) is 0.0526. The highest BCUT2D eigenvalue weighted by Crippen LogP contribution is 2.25. The number of aromatic nitrogens is 3. The van der Waals surface area contributed by atoms with Crippen LogP contribution in [-0.4, -0.2) is 27.7 Å². The smallest absolute Gasteiger partial charge is 0.357 e. The Bertz CT molecular complexity index is 1370. The van der Waals surface area contributed by atoms with E-state index in [1.807, 2.05) is 22.9 Å². The molecule has 9 nitrogen and oxygen atoms in total. The normalized spacial score (nSPS) is 11.6. The van der Waals surface area contributed by atoms with Crippen LogP contribution in [0, 0.1) is 0 Å². The van der Waals surface area contributed by atoms with Crippen molar-refractivity contribution in [1.82, 2.24) is 14.8 Å². The second-order valence-electron chi connectivity index (χ2n) is 6.49. The molecule has 0 bridgehead atoms. The second-order valence-corrected chi connectivity index (χ2v) is 7.64. The molecule has 0 amide bonds. The molecule has 0 spiro atoms. The fourth-order valence-electron chi connectivity index (χ4n) is 3.13. The van der Waals surface area contributed by atoms with Crippen LogP contribution in [0.25, 0.3) is 22.0 Å². The number of aromatic amines is 1. The van der Waals surface area contributed by atoms with Gasteiger partial charge in [-0.3, -0.25) is 19.2 Å². The van der Waals surface area contributed by atoms with Crippen molar-refractivity contribution in [2.45, 2.75) is 6.54 Å². The first-order valence-electron chi connectivity index (χ1n) is 8.58. The van der Waals surface area contributed by atoms with Crippen molar-refractivity contribution < 1.29 is 13.0 Å². The molecule has 2 aromatic carbocycles. The minimum absolute atomic E-state index is 0.116.